The largest absolute Gasteiger partial charge is 0.355 e. The Morgan fingerprint density at radius 2 is 1.25 bits per heavy atom. The van der Waals surface area contributed by atoms with Crippen molar-refractivity contribution in [1.82, 2.24) is 5.32 Å². The fraction of sp³-hybridized carbons (Fsp3) is 0.864. The molecule has 0 saturated heterocycles. The summed E-state index contributed by atoms with van der Waals surface area (Å²) in [6.07, 6.45) is 23.7. The Morgan fingerprint density at radius 1 is 0.786 bits per heavy atom. The van der Waals surface area contributed by atoms with Crippen LogP contribution in [0, 0.1) is 0 Å². The summed E-state index contributed by atoms with van der Waals surface area (Å²) >= 11 is 0. The SMILES string of the molecule is CCCCCCCCC=CCCCCCCCCCC(=O)NCCS(=O)(=O)O. The van der Waals surface area contributed by atoms with Crippen LogP contribution in [0.5, 0.6) is 0 Å². The third-order valence-electron chi connectivity index (χ3n) is 4.85. The molecule has 0 rings (SSSR count). The second kappa shape index (κ2) is 19.4. The van der Waals surface area contributed by atoms with Crippen LogP contribution in [0.4, 0.5) is 0 Å². The molecule has 2 N–H and O–H groups in total. The highest BCUT2D eigenvalue weighted by atomic mass is 32.2. The second-order valence-electron chi connectivity index (χ2n) is 7.68. The first kappa shape index (κ1) is 27.1. The van der Waals surface area contributed by atoms with Gasteiger partial charge in [-0.3, -0.25) is 9.35 Å². The van der Waals surface area contributed by atoms with E-state index in [1.54, 1.807) is 0 Å². The molecule has 28 heavy (non-hydrogen) atoms. The Kier molecular flexibility index (Phi) is 18.8. The highest BCUT2D eigenvalue weighted by molar-refractivity contribution is 7.85. The maximum Gasteiger partial charge on any atom is 0.266 e. The van der Waals surface area contributed by atoms with Gasteiger partial charge in [0.15, 0.2) is 0 Å². The first-order chi connectivity index (χ1) is 13.5. The van der Waals surface area contributed by atoms with Crippen LogP contribution in [0.25, 0.3) is 0 Å². The van der Waals surface area contributed by atoms with E-state index in [4.69, 9.17) is 4.55 Å². The highest BCUT2D eigenvalue weighted by Crippen LogP contribution is 2.11. The molecule has 0 aromatic carbocycles. The third-order valence-corrected chi connectivity index (χ3v) is 5.57. The predicted molar refractivity (Wildman–Crippen MR) is 118 cm³/mol. The minimum atomic E-state index is -3.99. The number of carbonyl (C=O) groups is 1. The molecule has 6 heteroatoms. The molecular formula is C22H43NO4S. The van der Waals surface area contributed by atoms with Gasteiger partial charge < -0.3 is 5.32 Å². The zero-order chi connectivity index (χ0) is 20.9. The molecule has 0 aliphatic carbocycles. The summed E-state index contributed by atoms with van der Waals surface area (Å²) in [5.74, 6) is -0.566. The van der Waals surface area contributed by atoms with Crippen molar-refractivity contribution in [2.24, 2.45) is 0 Å². The molecule has 0 spiro atoms. The van der Waals surface area contributed by atoms with E-state index in [2.05, 4.69) is 24.4 Å². The molecule has 5 nitrogen and oxygen atoms in total. The van der Waals surface area contributed by atoms with Crippen LogP contribution >= 0.6 is 0 Å². The molecule has 0 atom stereocenters. The number of carbonyl (C=O) groups excluding carboxylic acids is 1. The molecule has 0 unspecified atom stereocenters. The molecule has 0 aliphatic rings. The van der Waals surface area contributed by atoms with Gasteiger partial charge in [0.1, 0.15) is 0 Å². The van der Waals surface area contributed by atoms with Crippen molar-refractivity contribution < 1.29 is 17.8 Å². The van der Waals surface area contributed by atoms with Crippen LogP contribution in [0.1, 0.15) is 110 Å². The molecule has 1 amide bonds. The third kappa shape index (κ3) is 23.2. The van der Waals surface area contributed by atoms with Crippen molar-refractivity contribution in [3.8, 4) is 0 Å². The number of hydrogen-bond acceptors (Lipinski definition) is 3. The number of unbranched alkanes of at least 4 members (excludes halogenated alkanes) is 13. The summed E-state index contributed by atoms with van der Waals surface area (Å²) in [5, 5.41) is 2.51. The number of allylic oxidation sites excluding steroid dienone is 2. The Morgan fingerprint density at radius 3 is 1.75 bits per heavy atom. The van der Waals surface area contributed by atoms with E-state index in [1.165, 1.54) is 77.0 Å². The summed E-state index contributed by atoms with van der Waals surface area (Å²) in [6.45, 7) is 2.23. The van der Waals surface area contributed by atoms with Crippen LogP contribution in [-0.2, 0) is 14.9 Å². The average molecular weight is 418 g/mol. The highest BCUT2D eigenvalue weighted by Gasteiger charge is 2.06. The second-order valence-corrected chi connectivity index (χ2v) is 9.25. The van der Waals surface area contributed by atoms with E-state index in [1.807, 2.05) is 0 Å². The topological polar surface area (TPSA) is 83.5 Å². The molecule has 0 aromatic rings. The first-order valence-corrected chi connectivity index (χ1v) is 12.9. The fourth-order valence-corrected chi connectivity index (χ4v) is 3.48. The van der Waals surface area contributed by atoms with E-state index in [0.29, 0.717) is 6.42 Å². The summed E-state index contributed by atoms with van der Waals surface area (Å²) in [4.78, 5) is 11.5. The normalized spacial score (nSPS) is 11.9. The molecule has 0 bridgehead atoms. The number of nitrogens with one attached hydrogen (secondary N) is 1. The summed E-state index contributed by atoms with van der Waals surface area (Å²) < 4.78 is 29.7. The molecule has 0 aromatic heterocycles. The van der Waals surface area contributed by atoms with Gasteiger partial charge in [-0.05, 0) is 32.1 Å². The van der Waals surface area contributed by atoms with Crippen LogP contribution in [0.15, 0.2) is 12.2 Å². The van der Waals surface area contributed by atoms with E-state index in [9.17, 15) is 13.2 Å². The Bertz CT molecular complexity index is 489. The molecular weight excluding hydrogens is 374 g/mol. The monoisotopic (exact) mass is 417 g/mol. The number of hydrogen-bond donors (Lipinski definition) is 2. The lowest BCUT2D eigenvalue weighted by molar-refractivity contribution is -0.121. The van der Waals surface area contributed by atoms with Crippen molar-refractivity contribution in [1.29, 1.82) is 0 Å². The van der Waals surface area contributed by atoms with Crippen LogP contribution in [0.2, 0.25) is 0 Å². The minimum absolute atomic E-state index is 0.0227. The summed E-state index contributed by atoms with van der Waals surface area (Å²) in [5.41, 5.74) is 0. The van der Waals surface area contributed by atoms with Gasteiger partial charge in [-0.1, -0.05) is 83.3 Å². The van der Waals surface area contributed by atoms with Crippen molar-refractivity contribution in [3.05, 3.63) is 12.2 Å². The molecule has 166 valence electrons. The van der Waals surface area contributed by atoms with Crippen molar-refractivity contribution >= 4 is 16.0 Å². The zero-order valence-corrected chi connectivity index (χ0v) is 18.8. The van der Waals surface area contributed by atoms with Gasteiger partial charge in [0.25, 0.3) is 10.1 Å². The summed E-state index contributed by atoms with van der Waals surface area (Å²) in [7, 11) is -3.99. The van der Waals surface area contributed by atoms with Gasteiger partial charge in [-0.2, -0.15) is 8.42 Å². The van der Waals surface area contributed by atoms with Crippen molar-refractivity contribution in [2.75, 3.05) is 12.3 Å². The Hall–Kier alpha value is -0.880. The average Bonchev–Trinajstić information content (AvgIpc) is 2.63. The van der Waals surface area contributed by atoms with Crippen molar-refractivity contribution in [3.63, 3.8) is 0 Å². The Balaban J connectivity index is 3.25. The van der Waals surface area contributed by atoms with Crippen LogP contribution < -0.4 is 5.32 Å². The lowest BCUT2D eigenvalue weighted by Crippen LogP contribution is -2.28. The van der Waals surface area contributed by atoms with E-state index < -0.39 is 15.9 Å². The van der Waals surface area contributed by atoms with Crippen molar-refractivity contribution in [2.45, 2.75) is 110 Å². The van der Waals surface area contributed by atoms with E-state index in [-0.39, 0.29) is 12.5 Å². The molecule has 0 saturated carbocycles. The molecule has 0 heterocycles. The summed E-state index contributed by atoms with van der Waals surface area (Å²) in [6, 6.07) is 0. The van der Waals surface area contributed by atoms with Crippen LogP contribution in [0.3, 0.4) is 0 Å². The van der Waals surface area contributed by atoms with Gasteiger partial charge >= 0.3 is 0 Å². The minimum Gasteiger partial charge on any atom is -0.355 e. The van der Waals surface area contributed by atoms with E-state index in [0.717, 1.165) is 19.3 Å². The zero-order valence-electron chi connectivity index (χ0n) is 18.0. The molecule has 0 radical (unpaired) electrons. The smallest absolute Gasteiger partial charge is 0.266 e. The maximum absolute atomic E-state index is 11.5. The standard InChI is InChI=1S/C22H43NO4S/c1-2-3-4-5-6-7-8-9-10-11-12-13-14-15-16-17-18-19-22(24)23-20-21-28(25,26)27/h9-10H,2-8,11-21H2,1H3,(H,23,24)(H,25,26,27). The maximum atomic E-state index is 11.5. The number of rotatable bonds is 20. The number of amides is 1. The quantitative estimate of drug-likeness (QED) is 0.149. The van der Waals surface area contributed by atoms with Gasteiger partial charge in [-0.25, -0.2) is 0 Å². The van der Waals surface area contributed by atoms with E-state index >= 15 is 0 Å². The first-order valence-electron chi connectivity index (χ1n) is 11.3. The van der Waals surface area contributed by atoms with Gasteiger partial charge in [0.2, 0.25) is 5.91 Å². The fourth-order valence-electron chi connectivity index (χ4n) is 3.12. The van der Waals surface area contributed by atoms with Crippen LogP contribution in [-0.4, -0.2) is 31.2 Å². The lowest BCUT2D eigenvalue weighted by atomic mass is 10.1. The predicted octanol–water partition coefficient (Wildman–Crippen LogP) is 5.81. The van der Waals surface area contributed by atoms with Gasteiger partial charge in [0, 0.05) is 13.0 Å². The molecule has 0 aliphatic heterocycles. The van der Waals surface area contributed by atoms with Gasteiger partial charge in [0.05, 0.1) is 5.75 Å². The molecule has 0 fully saturated rings. The lowest BCUT2D eigenvalue weighted by Gasteiger charge is -2.04. The Labute approximate surface area is 173 Å². The van der Waals surface area contributed by atoms with Gasteiger partial charge in [-0.15, -0.1) is 0 Å².